The number of nitrogens with zero attached hydrogens (tertiary/aromatic N) is 3. The van der Waals surface area contributed by atoms with Crippen molar-refractivity contribution in [3.05, 3.63) is 17.6 Å². The summed E-state index contributed by atoms with van der Waals surface area (Å²) in [6.07, 6.45) is 3.99. The monoisotopic (exact) mass is 193 g/mol. The summed E-state index contributed by atoms with van der Waals surface area (Å²) in [5, 5.41) is 12.0. The van der Waals surface area contributed by atoms with E-state index in [1.165, 1.54) is 6.33 Å². The van der Waals surface area contributed by atoms with Crippen molar-refractivity contribution in [1.82, 2.24) is 9.97 Å². The van der Waals surface area contributed by atoms with Gasteiger partial charge in [0.05, 0.1) is 12.8 Å². The standard InChI is InChI=1S/C9H11N3O2/c1-14-9-6-3-2-4-7(12-13)8(6)10-5-11-9/h5,13H,2-4H2,1H3. The van der Waals surface area contributed by atoms with Crippen LogP contribution in [0.5, 0.6) is 5.88 Å². The van der Waals surface area contributed by atoms with Crippen molar-refractivity contribution >= 4 is 5.71 Å². The van der Waals surface area contributed by atoms with Gasteiger partial charge in [0.2, 0.25) is 5.88 Å². The van der Waals surface area contributed by atoms with Crippen molar-refractivity contribution in [2.45, 2.75) is 19.3 Å². The number of methoxy groups -OCH3 is 1. The molecule has 0 atom stereocenters. The summed E-state index contributed by atoms with van der Waals surface area (Å²) < 4.78 is 5.12. The van der Waals surface area contributed by atoms with Crippen molar-refractivity contribution in [1.29, 1.82) is 0 Å². The van der Waals surface area contributed by atoms with Crippen LogP contribution in [-0.2, 0) is 6.42 Å². The molecule has 0 fully saturated rings. The molecule has 0 bridgehead atoms. The molecule has 0 aliphatic heterocycles. The molecule has 0 amide bonds. The summed E-state index contributed by atoms with van der Waals surface area (Å²) >= 11 is 0. The summed E-state index contributed by atoms with van der Waals surface area (Å²) in [6.45, 7) is 0. The molecule has 0 spiro atoms. The lowest BCUT2D eigenvalue weighted by Crippen LogP contribution is -2.15. The number of ether oxygens (including phenoxy) is 1. The molecule has 1 aliphatic carbocycles. The molecule has 1 aromatic heterocycles. The molecule has 0 saturated heterocycles. The first kappa shape index (κ1) is 8.93. The van der Waals surface area contributed by atoms with E-state index in [0.717, 1.165) is 24.8 Å². The first-order valence-corrected chi connectivity index (χ1v) is 4.46. The van der Waals surface area contributed by atoms with Crippen LogP contribution < -0.4 is 4.74 Å². The van der Waals surface area contributed by atoms with E-state index in [1.807, 2.05) is 0 Å². The Kier molecular flexibility index (Phi) is 2.30. The van der Waals surface area contributed by atoms with Gasteiger partial charge in [0.15, 0.2) is 0 Å². The van der Waals surface area contributed by atoms with Gasteiger partial charge in [-0.25, -0.2) is 9.97 Å². The number of fused-ring (bicyclic) bond motifs is 1. The fourth-order valence-electron chi connectivity index (χ4n) is 1.69. The van der Waals surface area contributed by atoms with E-state index < -0.39 is 0 Å². The second kappa shape index (κ2) is 3.61. The van der Waals surface area contributed by atoms with Crippen LogP contribution in [0.3, 0.4) is 0 Å². The van der Waals surface area contributed by atoms with E-state index in [0.29, 0.717) is 17.3 Å². The maximum Gasteiger partial charge on any atom is 0.220 e. The molecule has 5 heteroatoms. The highest BCUT2D eigenvalue weighted by Gasteiger charge is 2.21. The van der Waals surface area contributed by atoms with Crippen molar-refractivity contribution in [3.63, 3.8) is 0 Å². The Bertz CT molecular complexity index is 376. The van der Waals surface area contributed by atoms with Crippen LogP contribution in [0, 0.1) is 0 Å². The molecule has 14 heavy (non-hydrogen) atoms. The van der Waals surface area contributed by atoms with Crippen LogP contribution in [0.4, 0.5) is 0 Å². The molecule has 1 aromatic rings. The highest BCUT2D eigenvalue weighted by Crippen LogP contribution is 2.25. The van der Waals surface area contributed by atoms with Gasteiger partial charge in [0.1, 0.15) is 12.0 Å². The van der Waals surface area contributed by atoms with Gasteiger partial charge in [0.25, 0.3) is 0 Å². The van der Waals surface area contributed by atoms with Gasteiger partial charge in [-0.15, -0.1) is 0 Å². The lowest BCUT2D eigenvalue weighted by atomic mass is 9.95. The van der Waals surface area contributed by atoms with Gasteiger partial charge in [-0.3, -0.25) is 0 Å². The number of hydrogen-bond donors (Lipinski definition) is 1. The zero-order valence-electron chi connectivity index (χ0n) is 7.90. The predicted octanol–water partition coefficient (Wildman–Crippen LogP) is 1.000. The Balaban J connectivity index is 2.55. The molecular formula is C9H11N3O2. The highest BCUT2D eigenvalue weighted by atomic mass is 16.5. The average Bonchev–Trinajstić information content (AvgIpc) is 2.27. The summed E-state index contributed by atoms with van der Waals surface area (Å²) in [6, 6.07) is 0. The second-order valence-corrected chi connectivity index (χ2v) is 3.11. The van der Waals surface area contributed by atoms with Crippen LogP contribution >= 0.6 is 0 Å². The quantitative estimate of drug-likeness (QED) is 0.533. The number of rotatable bonds is 1. The van der Waals surface area contributed by atoms with Crippen LogP contribution in [0.25, 0.3) is 0 Å². The van der Waals surface area contributed by atoms with Crippen molar-refractivity contribution in [2.24, 2.45) is 5.16 Å². The largest absolute Gasteiger partial charge is 0.481 e. The molecule has 5 nitrogen and oxygen atoms in total. The molecule has 0 aromatic carbocycles. The smallest absolute Gasteiger partial charge is 0.220 e. The summed E-state index contributed by atoms with van der Waals surface area (Å²) in [4.78, 5) is 8.11. The Hall–Kier alpha value is -1.65. The van der Waals surface area contributed by atoms with E-state index in [4.69, 9.17) is 9.94 Å². The van der Waals surface area contributed by atoms with Gasteiger partial charge < -0.3 is 9.94 Å². The molecule has 0 unspecified atom stereocenters. The van der Waals surface area contributed by atoms with Gasteiger partial charge in [-0.2, -0.15) is 0 Å². The minimum Gasteiger partial charge on any atom is -0.481 e. The van der Waals surface area contributed by atoms with Gasteiger partial charge in [0, 0.05) is 5.56 Å². The molecule has 1 aliphatic rings. The van der Waals surface area contributed by atoms with E-state index in [9.17, 15) is 0 Å². The highest BCUT2D eigenvalue weighted by molar-refractivity contribution is 6.00. The zero-order valence-corrected chi connectivity index (χ0v) is 7.90. The van der Waals surface area contributed by atoms with Crippen LogP contribution in [0.15, 0.2) is 11.5 Å². The first-order chi connectivity index (χ1) is 6.86. The zero-order chi connectivity index (χ0) is 9.97. The third-order valence-electron chi connectivity index (χ3n) is 2.33. The number of aromatic nitrogens is 2. The van der Waals surface area contributed by atoms with E-state index in [-0.39, 0.29) is 0 Å². The third kappa shape index (κ3) is 1.30. The summed E-state index contributed by atoms with van der Waals surface area (Å²) in [5.41, 5.74) is 2.27. The van der Waals surface area contributed by atoms with E-state index >= 15 is 0 Å². The summed E-state index contributed by atoms with van der Waals surface area (Å²) in [5.74, 6) is 0.579. The fourth-order valence-corrected chi connectivity index (χ4v) is 1.69. The van der Waals surface area contributed by atoms with Gasteiger partial charge in [-0.1, -0.05) is 5.16 Å². The molecule has 1 N–H and O–H groups in total. The van der Waals surface area contributed by atoms with Crippen LogP contribution in [0.2, 0.25) is 0 Å². The van der Waals surface area contributed by atoms with Crippen LogP contribution in [0.1, 0.15) is 24.1 Å². The second-order valence-electron chi connectivity index (χ2n) is 3.11. The predicted molar refractivity (Wildman–Crippen MR) is 49.8 cm³/mol. The van der Waals surface area contributed by atoms with E-state index in [1.54, 1.807) is 7.11 Å². The molecule has 0 radical (unpaired) electrons. The molecule has 2 rings (SSSR count). The molecule has 0 saturated carbocycles. The average molecular weight is 193 g/mol. The molecule has 74 valence electrons. The number of hydrogen-bond acceptors (Lipinski definition) is 5. The van der Waals surface area contributed by atoms with Gasteiger partial charge >= 0.3 is 0 Å². The Morgan fingerprint density at radius 2 is 2.29 bits per heavy atom. The van der Waals surface area contributed by atoms with Crippen molar-refractivity contribution < 1.29 is 9.94 Å². The lowest BCUT2D eigenvalue weighted by molar-refractivity contribution is 0.317. The fraction of sp³-hybridized carbons (Fsp3) is 0.444. The Morgan fingerprint density at radius 3 is 3.00 bits per heavy atom. The minimum atomic E-state index is 0.579. The third-order valence-corrected chi connectivity index (χ3v) is 2.33. The molecular weight excluding hydrogens is 182 g/mol. The van der Waals surface area contributed by atoms with Crippen molar-refractivity contribution in [2.75, 3.05) is 7.11 Å². The van der Waals surface area contributed by atoms with Crippen LogP contribution in [-0.4, -0.2) is 28.0 Å². The molecule has 1 heterocycles. The van der Waals surface area contributed by atoms with E-state index in [2.05, 4.69) is 15.1 Å². The maximum absolute atomic E-state index is 8.79. The Labute approximate surface area is 81.4 Å². The lowest BCUT2D eigenvalue weighted by Gasteiger charge is -2.16. The SMILES string of the molecule is COc1ncnc2c1CCCC2=NO. The normalized spacial score (nSPS) is 17.9. The van der Waals surface area contributed by atoms with Gasteiger partial charge in [-0.05, 0) is 19.3 Å². The number of oxime groups is 1. The minimum absolute atomic E-state index is 0.579. The first-order valence-electron chi connectivity index (χ1n) is 4.46. The topological polar surface area (TPSA) is 67.6 Å². The Morgan fingerprint density at radius 1 is 1.43 bits per heavy atom. The van der Waals surface area contributed by atoms with Crippen molar-refractivity contribution in [3.8, 4) is 5.88 Å². The summed E-state index contributed by atoms with van der Waals surface area (Å²) in [7, 11) is 1.58. The maximum atomic E-state index is 8.79.